The molecule has 6 heteroatoms. The highest BCUT2D eigenvalue weighted by Gasteiger charge is 2.31. The average Bonchev–Trinajstić information content (AvgIpc) is 2.40. The minimum absolute atomic E-state index is 0.114. The van der Waals surface area contributed by atoms with Gasteiger partial charge in [0.1, 0.15) is 5.82 Å². The van der Waals surface area contributed by atoms with Gasteiger partial charge in [-0.15, -0.1) is 0 Å². The van der Waals surface area contributed by atoms with E-state index in [-0.39, 0.29) is 11.4 Å². The first-order valence-corrected chi connectivity index (χ1v) is 5.82. The van der Waals surface area contributed by atoms with Gasteiger partial charge in [0, 0.05) is 7.05 Å². The quantitative estimate of drug-likeness (QED) is 0.803. The zero-order chi connectivity index (χ0) is 14.8. The molecule has 0 aliphatic rings. The lowest BCUT2D eigenvalue weighted by Gasteiger charge is -2.15. The van der Waals surface area contributed by atoms with Gasteiger partial charge in [-0.2, -0.15) is 13.2 Å². The molecule has 0 atom stereocenters. The van der Waals surface area contributed by atoms with Crippen LogP contribution in [-0.4, -0.2) is 7.05 Å². The molecular weight excluding hydrogens is 272 g/mol. The SMILES string of the molecule is CNc1ccc(C(F)(F)F)cc1Nc1ccccc1F. The molecule has 0 aliphatic carbocycles. The maximum Gasteiger partial charge on any atom is 0.416 e. The average molecular weight is 284 g/mol. The van der Waals surface area contributed by atoms with Gasteiger partial charge in [-0.05, 0) is 30.3 Å². The van der Waals surface area contributed by atoms with Crippen LogP contribution in [0.3, 0.4) is 0 Å². The predicted molar refractivity (Wildman–Crippen MR) is 70.7 cm³/mol. The Kier molecular flexibility index (Phi) is 3.83. The molecule has 2 aromatic rings. The van der Waals surface area contributed by atoms with Crippen molar-refractivity contribution < 1.29 is 17.6 Å². The van der Waals surface area contributed by atoms with E-state index in [4.69, 9.17) is 0 Å². The fourth-order valence-corrected chi connectivity index (χ4v) is 1.75. The molecule has 0 radical (unpaired) electrons. The van der Waals surface area contributed by atoms with Gasteiger partial charge >= 0.3 is 6.18 Å². The van der Waals surface area contributed by atoms with E-state index in [0.717, 1.165) is 12.1 Å². The summed E-state index contributed by atoms with van der Waals surface area (Å²) in [6.07, 6.45) is -4.45. The first-order chi connectivity index (χ1) is 9.41. The number of hydrogen-bond donors (Lipinski definition) is 2. The van der Waals surface area contributed by atoms with Crippen molar-refractivity contribution >= 4 is 17.1 Å². The van der Waals surface area contributed by atoms with Crippen LogP contribution in [0.15, 0.2) is 42.5 Å². The van der Waals surface area contributed by atoms with Crippen LogP contribution in [0.4, 0.5) is 34.6 Å². The lowest BCUT2D eigenvalue weighted by molar-refractivity contribution is -0.137. The second kappa shape index (κ2) is 5.40. The van der Waals surface area contributed by atoms with E-state index in [1.54, 1.807) is 13.1 Å². The zero-order valence-electron chi connectivity index (χ0n) is 10.6. The van der Waals surface area contributed by atoms with Crippen LogP contribution in [0.1, 0.15) is 5.56 Å². The second-order valence-electron chi connectivity index (χ2n) is 4.11. The van der Waals surface area contributed by atoms with E-state index < -0.39 is 17.6 Å². The minimum atomic E-state index is -4.45. The highest BCUT2D eigenvalue weighted by molar-refractivity contribution is 5.75. The fraction of sp³-hybridized carbons (Fsp3) is 0.143. The van der Waals surface area contributed by atoms with E-state index in [1.807, 2.05) is 0 Å². The standard InChI is InChI=1S/C14H12F4N2/c1-19-12-7-6-9(14(16,17)18)8-13(12)20-11-5-3-2-4-10(11)15/h2-8,19-20H,1H3. The molecule has 106 valence electrons. The van der Waals surface area contributed by atoms with Crippen molar-refractivity contribution in [1.29, 1.82) is 0 Å². The van der Waals surface area contributed by atoms with Gasteiger partial charge < -0.3 is 10.6 Å². The number of benzene rings is 2. The van der Waals surface area contributed by atoms with Gasteiger partial charge in [0.25, 0.3) is 0 Å². The summed E-state index contributed by atoms with van der Waals surface area (Å²) in [7, 11) is 1.58. The van der Waals surface area contributed by atoms with Crippen LogP contribution in [0.5, 0.6) is 0 Å². The van der Waals surface area contributed by atoms with Crippen LogP contribution in [0, 0.1) is 5.82 Å². The van der Waals surface area contributed by atoms with E-state index in [9.17, 15) is 17.6 Å². The summed E-state index contributed by atoms with van der Waals surface area (Å²) in [6, 6.07) is 9.00. The Balaban J connectivity index is 2.42. The molecule has 2 N–H and O–H groups in total. The summed E-state index contributed by atoms with van der Waals surface area (Å²) < 4.78 is 51.6. The van der Waals surface area contributed by atoms with Gasteiger partial charge in [0.15, 0.2) is 0 Å². The molecule has 2 aromatic carbocycles. The molecule has 0 bridgehead atoms. The number of anilines is 3. The Labute approximate surface area is 113 Å². The van der Waals surface area contributed by atoms with Crippen molar-refractivity contribution in [2.75, 3.05) is 17.7 Å². The van der Waals surface area contributed by atoms with Crippen LogP contribution >= 0.6 is 0 Å². The Morgan fingerprint density at radius 1 is 0.900 bits per heavy atom. The number of para-hydroxylation sites is 1. The summed E-state index contributed by atoms with van der Waals surface area (Å²) in [5.74, 6) is -0.535. The molecule has 0 amide bonds. The first-order valence-electron chi connectivity index (χ1n) is 5.82. The van der Waals surface area contributed by atoms with Crippen molar-refractivity contribution in [3.8, 4) is 0 Å². The molecule has 0 heterocycles. The second-order valence-corrected chi connectivity index (χ2v) is 4.11. The summed E-state index contributed by atoms with van der Waals surface area (Å²) in [6.45, 7) is 0. The number of alkyl halides is 3. The molecule has 0 aliphatic heterocycles. The first kappa shape index (κ1) is 14.2. The Morgan fingerprint density at radius 3 is 2.20 bits per heavy atom. The molecule has 0 saturated heterocycles. The zero-order valence-corrected chi connectivity index (χ0v) is 10.6. The summed E-state index contributed by atoms with van der Waals surface area (Å²) in [4.78, 5) is 0. The van der Waals surface area contributed by atoms with Gasteiger partial charge in [0.2, 0.25) is 0 Å². The van der Waals surface area contributed by atoms with Crippen molar-refractivity contribution in [1.82, 2.24) is 0 Å². The molecule has 2 rings (SSSR count). The number of halogens is 4. The molecule has 0 saturated carbocycles. The lowest BCUT2D eigenvalue weighted by atomic mass is 10.1. The third-order valence-corrected chi connectivity index (χ3v) is 2.76. The topological polar surface area (TPSA) is 24.1 Å². The summed E-state index contributed by atoms with van der Waals surface area (Å²) in [5.41, 5.74) is -0.0765. The van der Waals surface area contributed by atoms with E-state index in [1.165, 1.54) is 24.3 Å². The number of nitrogens with one attached hydrogen (secondary N) is 2. The summed E-state index contributed by atoms with van der Waals surface area (Å²) >= 11 is 0. The molecule has 0 spiro atoms. The maximum absolute atomic E-state index is 13.5. The molecule has 0 aromatic heterocycles. The number of rotatable bonds is 3. The monoisotopic (exact) mass is 284 g/mol. The molecule has 2 nitrogen and oxygen atoms in total. The third kappa shape index (κ3) is 3.01. The van der Waals surface area contributed by atoms with Gasteiger partial charge in [0.05, 0.1) is 22.6 Å². The van der Waals surface area contributed by atoms with E-state index in [0.29, 0.717) is 5.69 Å². The summed E-state index contributed by atoms with van der Waals surface area (Å²) in [5, 5.41) is 5.43. The van der Waals surface area contributed by atoms with E-state index >= 15 is 0 Å². The van der Waals surface area contributed by atoms with Crippen LogP contribution in [0.2, 0.25) is 0 Å². The van der Waals surface area contributed by atoms with E-state index in [2.05, 4.69) is 10.6 Å². The van der Waals surface area contributed by atoms with Gasteiger partial charge in [-0.1, -0.05) is 12.1 Å². The lowest BCUT2D eigenvalue weighted by Crippen LogP contribution is -2.07. The highest BCUT2D eigenvalue weighted by Crippen LogP contribution is 2.35. The van der Waals surface area contributed by atoms with Gasteiger partial charge in [-0.25, -0.2) is 4.39 Å². The molecule has 0 unspecified atom stereocenters. The largest absolute Gasteiger partial charge is 0.416 e. The predicted octanol–water partition coefficient (Wildman–Crippen LogP) is 4.63. The number of hydrogen-bond acceptors (Lipinski definition) is 2. The third-order valence-electron chi connectivity index (χ3n) is 2.76. The van der Waals surface area contributed by atoms with Crippen molar-refractivity contribution in [3.63, 3.8) is 0 Å². The van der Waals surface area contributed by atoms with Crippen molar-refractivity contribution in [3.05, 3.63) is 53.8 Å². The maximum atomic E-state index is 13.5. The Bertz CT molecular complexity index is 608. The van der Waals surface area contributed by atoms with Crippen LogP contribution in [-0.2, 0) is 6.18 Å². The van der Waals surface area contributed by atoms with Crippen molar-refractivity contribution in [2.45, 2.75) is 6.18 Å². The molecule has 20 heavy (non-hydrogen) atoms. The Morgan fingerprint density at radius 2 is 1.60 bits per heavy atom. The smallest absolute Gasteiger partial charge is 0.386 e. The minimum Gasteiger partial charge on any atom is -0.386 e. The normalized spacial score (nSPS) is 11.2. The molecule has 0 fully saturated rings. The van der Waals surface area contributed by atoms with Crippen LogP contribution in [0.25, 0.3) is 0 Å². The van der Waals surface area contributed by atoms with Crippen molar-refractivity contribution in [2.24, 2.45) is 0 Å². The highest BCUT2D eigenvalue weighted by atomic mass is 19.4. The fourth-order valence-electron chi connectivity index (χ4n) is 1.75. The Hall–Kier alpha value is -2.24. The van der Waals surface area contributed by atoms with Gasteiger partial charge in [-0.3, -0.25) is 0 Å². The molecular formula is C14H12F4N2. The van der Waals surface area contributed by atoms with Crippen LogP contribution < -0.4 is 10.6 Å².